The van der Waals surface area contributed by atoms with E-state index < -0.39 is 11.4 Å². The molecule has 3 heterocycles. The molecule has 0 saturated carbocycles. The zero-order valence-electron chi connectivity index (χ0n) is 20.6. The van der Waals surface area contributed by atoms with Crippen LogP contribution in [0.2, 0.25) is 0 Å². The number of ether oxygens (including phenoxy) is 1. The van der Waals surface area contributed by atoms with Gasteiger partial charge in [0.1, 0.15) is 11.4 Å². The predicted octanol–water partition coefficient (Wildman–Crippen LogP) is 4.31. The molecule has 1 fully saturated rings. The van der Waals surface area contributed by atoms with Crippen molar-refractivity contribution in [3.63, 3.8) is 0 Å². The number of carbonyl (C=O) groups is 2. The Labute approximate surface area is 204 Å². The van der Waals surface area contributed by atoms with Crippen LogP contribution in [-0.2, 0) is 17.7 Å². The fourth-order valence-electron chi connectivity index (χ4n) is 4.84. The van der Waals surface area contributed by atoms with Gasteiger partial charge < -0.3 is 19.9 Å². The Balaban J connectivity index is 1.29. The number of aromatic amines is 1. The Bertz CT molecular complexity index is 1290. The number of benzene rings is 2. The van der Waals surface area contributed by atoms with Crippen LogP contribution in [0.15, 0.2) is 36.4 Å². The van der Waals surface area contributed by atoms with Gasteiger partial charge in [-0.3, -0.25) is 9.69 Å². The normalized spacial score (nSPS) is 16.3. The van der Waals surface area contributed by atoms with E-state index in [2.05, 4.69) is 46.5 Å². The van der Waals surface area contributed by atoms with Crippen molar-refractivity contribution in [2.45, 2.75) is 45.4 Å². The molecule has 7 nitrogen and oxygen atoms in total. The average Bonchev–Trinajstić information content (AvgIpc) is 3.00. The predicted molar refractivity (Wildman–Crippen MR) is 133 cm³/mol. The molecule has 5 rings (SSSR count). The number of hydrogen-bond acceptors (Lipinski definition) is 4. The fourth-order valence-corrected chi connectivity index (χ4v) is 4.84. The lowest BCUT2D eigenvalue weighted by molar-refractivity contribution is -0.0120. The van der Waals surface area contributed by atoms with Crippen LogP contribution in [0.1, 0.15) is 42.3 Å². The Morgan fingerprint density at radius 2 is 1.91 bits per heavy atom. The third kappa shape index (κ3) is 4.62. The highest BCUT2D eigenvalue weighted by Crippen LogP contribution is 2.35. The van der Waals surface area contributed by atoms with E-state index in [0.29, 0.717) is 43.2 Å². The number of amides is 2. The molecule has 35 heavy (non-hydrogen) atoms. The summed E-state index contributed by atoms with van der Waals surface area (Å²) in [4.78, 5) is 31.9. The van der Waals surface area contributed by atoms with Crippen LogP contribution in [0.3, 0.4) is 0 Å². The van der Waals surface area contributed by atoms with Crippen LogP contribution in [-0.4, -0.2) is 65.1 Å². The summed E-state index contributed by atoms with van der Waals surface area (Å²) in [6, 6.07) is 11.4. The molecule has 0 aliphatic carbocycles. The van der Waals surface area contributed by atoms with Crippen LogP contribution >= 0.6 is 0 Å². The van der Waals surface area contributed by atoms with E-state index in [4.69, 9.17) is 4.74 Å². The third-order valence-electron chi connectivity index (χ3n) is 6.68. The zero-order valence-corrected chi connectivity index (χ0v) is 20.6. The fraction of sp³-hybridized carbons (Fsp3) is 0.407. The largest absolute Gasteiger partial charge is 0.444 e. The van der Waals surface area contributed by atoms with Crippen molar-refractivity contribution in [3.8, 4) is 11.3 Å². The summed E-state index contributed by atoms with van der Waals surface area (Å²) >= 11 is 0. The van der Waals surface area contributed by atoms with E-state index in [1.165, 1.54) is 12.1 Å². The number of likely N-dealkylation sites (N-methyl/N-ethyl adjacent to an activating group) is 1. The van der Waals surface area contributed by atoms with E-state index in [9.17, 15) is 14.0 Å². The molecule has 0 spiro atoms. The summed E-state index contributed by atoms with van der Waals surface area (Å²) in [5.41, 5.74) is 4.67. The zero-order chi connectivity index (χ0) is 24.9. The first kappa shape index (κ1) is 23.4. The number of halogens is 1. The van der Waals surface area contributed by atoms with Crippen molar-refractivity contribution in [2.24, 2.45) is 0 Å². The molecular weight excluding hydrogens is 447 g/mol. The Kier molecular flexibility index (Phi) is 5.79. The monoisotopic (exact) mass is 478 g/mol. The van der Waals surface area contributed by atoms with Crippen molar-refractivity contribution in [2.75, 3.05) is 26.7 Å². The summed E-state index contributed by atoms with van der Waals surface area (Å²) < 4.78 is 19.6. The molecule has 0 radical (unpaired) electrons. The maximum atomic E-state index is 14.1. The van der Waals surface area contributed by atoms with Crippen molar-refractivity contribution in [1.82, 2.24) is 20.1 Å². The average molecular weight is 479 g/mol. The minimum absolute atomic E-state index is 0.238. The summed E-state index contributed by atoms with van der Waals surface area (Å²) in [5.74, 6) is -0.665. The standard InChI is InChI=1S/C27H31FN4O3/c1-27(2,3)35-26(34)32-14-19(15-32)31(4)13-16-5-7-17(8-6-16)24-20-9-10-29-25(33)21-11-18(28)12-22(30-24)23(20)21/h5-8,11-12,19,30H,9-10,13-15H2,1-4H3,(H,29,33). The van der Waals surface area contributed by atoms with Gasteiger partial charge in [0, 0.05) is 48.8 Å². The second kappa shape index (κ2) is 8.68. The molecule has 1 aromatic heterocycles. The lowest BCUT2D eigenvalue weighted by atomic mass is 9.99. The summed E-state index contributed by atoms with van der Waals surface area (Å²) in [6.07, 6.45) is 0.421. The van der Waals surface area contributed by atoms with Crippen LogP contribution in [0.4, 0.5) is 9.18 Å². The molecule has 0 bridgehead atoms. The maximum Gasteiger partial charge on any atom is 0.410 e. The van der Waals surface area contributed by atoms with Gasteiger partial charge in [-0.1, -0.05) is 24.3 Å². The molecule has 8 heteroatoms. The van der Waals surface area contributed by atoms with E-state index in [1.807, 2.05) is 20.8 Å². The molecule has 2 aliphatic heterocycles. The van der Waals surface area contributed by atoms with Gasteiger partial charge in [0.25, 0.3) is 5.91 Å². The SMILES string of the molecule is CN(Cc1ccc(-c2[nH]c3cc(F)cc4c3c2CCNC4=O)cc1)C1CN(C(=O)OC(C)(C)C)C1. The number of hydrogen-bond donors (Lipinski definition) is 2. The van der Waals surface area contributed by atoms with Gasteiger partial charge in [-0.15, -0.1) is 0 Å². The molecule has 0 atom stereocenters. The first-order chi connectivity index (χ1) is 16.6. The number of carbonyl (C=O) groups excluding carboxylic acids is 2. The van der Waals surface area contributed by atoms with Gasteiger partial charge in [-0.05, 0) is 63.1 Å². The summed E-state index contributed by atoms with van der Waals surface area (Å²) in [7, 11) is 2.07. The maximum absolute atomic E-state index is 14.1. The second-order valence-electron chi connectivity index (χ2n) is 10.5. The highest BCUT2D eigenvalue weighted by atomic mass is 19.1. The number of aromatic nitrogens is 1. The highest BCUT2D eigenvalue weighted by Gasteiger charge is 2.35. The molecular formula is C27H31FN4O3. The number of nitrogens with zero attached hydrogens (tertiary/aromatic N) is 2. The first-order valence-electron chi connectivity index (χ1n) is 12.0. The van der Waals surface area contributed by atoms with Gasteiger partial charge in [-0.25, -0.2) is 9.18 Å². The van der Waals surface area contributed by atoms with Gasteiger partial charge in [0.15, 0.2) is 0 Å². The second-order valence-corrected chi connectivity index (χ2v) is 10.5. The van der Waals surface area contributed by atoms with Crippen molar-refractivity contribution in [3.05, 3.63) is 58.9 Å². The van der Waals surface area contributed by atoms with Crippen LogP contribution < -0.4 is 5.32 Å². The molecule has 2 N–H and O–H groups in total. The molecule has 184 valence electrons. The molecule has 1 saturated heterocycles. The number of nitrogens with one attached hydrogen (secondary N) is 2. The van der Waals surface area contributed by atoms with Gasteiger partial charge in [0.2, 0.25) is 0 Å². The van der Waals surface area contributed by atoms with Crippen molar-refractivity contribution in [1.29, 1.82) is 0 Å². The van der Waals surface area contributed by atoms with Crippen LogP contribution in [0, 0.1) is 5.82 Å². The smallest absolute Gasteiger partial charge is 0.410 e. The minimum Gasteiger partial charge on any atom is -0.444 e. The van der Waals surface area contributed by atoms with Crippen molar-refractivity contribution >= 4 is 22.9 Å². The lowest BCUT2D eigenvalue weighted by Gasteiger charge is -2.44. The molecule has 3 aromatic rings. The van der Waals surface area contributed by atoms with Crippen LogP contribution in [0.5, 0.6) is 0 Å². The number of likely N-dealkylation sites (tertiary alicyclic amines) is 1. The molecule has 2 aliphatic rings. The first-order valence-corrected chi connectivity index (χ1v) is 12.0. The van der Waals surface area contributed by atoms with Crippen molar-refractivity contribution < 1.29 is 18.7 Å². The quantitative estimate of drug-likeness (QED) is 0.586. The lowest BCUT2D eigenvalue weighted by Crippen LogP contribution is -2.60. The Hall–Kier alpha value is -3.39. The highest BCUT2D eigenvalue weighted by molar-refractivity contribution is 6.10. The minimum atomic E-state index is -0.486. The van der Waals surface area contributed by atoms with E-state index in [0.717, 1.165) is 34.3 Å². The summed E-state index contributed by atoms with van der Waals surface area (Å²) in [6.45, 7) is 8.22. The van der Waals surface area contributed by atoms with Gasteiger partial charge in [0.05, 0.1) is 5.56 Å². The Morgan fingerprint density at radius 3 is 2.60 bits per heavy atom. The van der Waals surface area contributed by atoms with E-state index in [-0.39, 0.29) is 12.0 Å². The van der Waals surface area contributed by atoms with Gasteiger partial charge in [-0.2, -0.15) is 0 Å². The van der Waals surface area contributed by atoms with Crippen LogP contribution in [0.25, 0.3) is 22.2 Å². The number of rotatable bonds is 4. The number of H-pyrrole nitrogens is 1. The molecule has 2 aromatic carbocycles. The summed E-state index contributed by atoms with van der Waals surface area (Å²) in [5, 5.41) is 3.66. The molecule has 2 amide bonds. The molecule has 0 unspecified atom stereocenters. The topological polar surface area (TPSA) is 77.7 Å². The third-order valence-corrected chi connectivity index (χ3v) is 6.68. The van der Waals surface area contributed by atoms with Gasteiger partial charge >= 0.3 is 6.09 Å². The van der Waals surface area contributed by atoms with E-state index >= 15 is 0 Å². The van der Waals surface area contributed by atoms with E-state index in [1.54, 1.807) is 4.90 Å². The Morgan fingerprint density at radius 1 is 1.20 bits per heavy atom.